The third-order valence-corrected chi connectivity index (χ3v) is 3.96. The number of aromatic amines is 1. The van der Waals surface area contributed by atoms with Gasteiger partial charge in [-0.25, -0.2) is 9.98 Å². The lowest BCUT2D eigenvalue weighted by molar-refractivity contribution is 0.860. The molecule has 1 aliphatic rings. The van der Waals surface area contributed by atoms with E-state index < -0.39 is 0 Å². The molecule has 5 nitrogen and oxygen atoms in total. The van der Waals surface area contributed by atoms with Crippen molar-refractivity contribution in [2.45, 2.75) is 18.8 Å². The van der Waals surface area contributed by atoms with Crippen LogP contribution in [0.15, 0.2) is 35.6 Å². The van der Waals surface area contributed by atoms with E-state index in [1.165, 1.54) is 11.1 Å². The van der Waals surface area contributed by atoms with Crippen molar-refractivity contribution in [1.29, 1.82) is 0 Å². The standard InChI is InChI=1S/C15H12ClN5/c16-15-20-13(12-14(21-15)19-8-18-12)17-7-10-6-5-9-3-1-2-4-11(9)10/h1-4,7-8,10H,5-6H2,(H,18,19,20,21)/b17-7+. The second-order valence-electron chi connectivity index (χ2n) is 5.04. The summed E-state index contributed by atoms with van der Waals surface area (Å²) in [4.78, 5) is 19.9. The molecular formula is C15H12ClN5. The Labute approximate surface area is 126 Å². The summed E-state index contributed by atoms with van der Waals surface area (Å²) in [5.74, 6) is 0.833. The van der Waals surface area contributed by atoms with Crippen LogP contribution in [0.2, 0.25) is 5.28 Å². The summed E-state index contributed by atoms with van der Waals surface area (Å²) >= 11 is 5.91. The van der Waals surface area contributed by atoms with Crippen molar-refractivity contribution < 1.29 is 0 Å². The fraction of sp³-hybridized carbons (Fsp3) is 0.200. The Bertz CT molecular complexity index is 839. The van der Waals surface area contributed by atoms with Crippen LogP contribution < -0.4 is 0 Å². The fourth-order valence-corrected chi connectivity index (χ4v) is 2.95. The highest BCUT2D eigenvalue weighted by Crippen LogP contribution is 2.32. The van der Waals surface area contributed by atoms with Crippen LogP contribution in [0, 0.1) is 0 Å². The molecule has 2 heterocycles. The molecule has 6 heteroatoms. The number of halogens is 1. The number of benzene rings is 1. The van der Waals surface area contributed by atoms with E-state index in [-0.39, 0.29) is 5.28 Å². The van der Waals surface area contributed by atoms with E-state index >= 15 is 0 Å². The number of H-pyrrole nitrogens is 1. The predicted molar refractivity (Wildman–Crippen MR) is 82.3 cm³/mol. The molecule has 104 valence electrons. The lowest BCUT2D eigenvalue weighted by Crippen LogP contribution is -1.95. The minimum absolute atomic E-state index is 0.172. The van der Waals surface area contributed by atoms with Gasteiger partial charge in [-0.05, 0) is 35.6 Å². The fourth-order valence-electron chi connectivity index (χ4n) is 2.79. The number of hydrogen-bond acceptors (Lipinski definition) is 4. The number of aromatic nitrogens is 4. The third kappa shape index (κ3) is 2.19. The van der Waals surface area contributed by atoms with E-state index in [1.54, 1.807) is 6.33 Å². The van der Waals surface area contributed by atoms with Gasteiger partial charge in [0.15, 0.2) is 17.0 Å². The van der Waals surface area contributed by atoms with Gasteiger partial charge in [0.25, 0.3) is 0 Å². The molecule has 1 N–H and O–H groups in total. The number of nitrogens with zero attached hydrogens (tertiary/aromatic N) is 4. The van der Waals surface area contributed by atoms with Crippen LogP contribution >= 0.6 is 11.6 Å². The number of nitrogens with one attached hydrogen (secondary N) is 1. The molecule has 1 aliphatic carbocycles. The summed E-state index contributed by atoms with van der Waals surface area (Å²) in [5.41, 5.74) is 4.00. The Balaban J connectivity index is 1.71. The largest absolute Gasteiger partial charge is 0.329 e. The summed E-state index contributed by atoms with van der Waals surface area (Å²) in [5, 5.41) is 0.172. The normalized spacial score (nSPS) is 17.7. The van der Waals surface area contributed by atoms with Crippen molar-refractivity contribution in [3.8, 4) is 0 Å². The minimum Gasteiger partial charge on any atom is -0.329 e. The molecule has 1 aromatic carbocycles. The molecule has 2 aromatic heterocycles. The first kappa shape index (κ1) is 12.5. The smallest absolute Gasteiger partial charge is 0.226 e. The third-order valence-electron chi connectivity index (χ3n) is 3.79. The average Bonchev–Trinajstić information content (AvgIpc) is 3.11. The predicted octanol–water partition coefficient (Wildman–Crippen LogP) is 3.44. The lowest BCUT2D eigenvalue weighted by atomic mass is 10.0. The Hall–Kier alpha value is -2.27. The van der Waals surface area contributed by atoms with E-state index in [0.717, 1.165) is 12.8 Å². The molecule has 3 aromatic rings. The van der Waals surface area contributed by atoms with Crippen LogP contribution in [0.5, 0.6) is 0 Å². The highest BCUT2D eigenvalue weighted by molar-refractivity contribution is 6.28. The lowest BCUT2D eigenvalue weighted by Gasteiger charge is -2.04. The number of fused-ring (bicyclic) bond motifs is 2. The number of hydrogen-bond donors (Lipinski definition) is 1. The Morgan fingerprint density at radius 3 is 3.14 bits per heavy atom. The molecular weight excluding hydrogens is 286 g/mol. The van der Waals surface area contributed by atoms with Crippen molar-refractivity contribution in [2.75, 3.05) is 0 Å². The van der Waals surface area contributed by atoms with Crippen molar-refractivity contribution in [3.05, 3.63) is 47.0 Å². The van der Waals surface area contributed by atoms with Crippen LogP contribution in [-0.4, -0.2) is 26.2 Å². The van der Waals surface area contributed by atoms with Gasteiger partial charge in [-0.2, -0.15) is 9.97 Å². The average molecular weight is 298 g/mol. The molecule has 0 bridgehead atoms. The molecule has 0 saturated heterocycles. The maximum absolute atomic E-state index is 5.91. The first-order chi connectivity index (χ1) is 10.3. The second-order valence-corrected chi connectivity index (χ2v) is 5.38. The quantitative estimate of drug-likeness (QED) is 0.582. The van der Waals surface area contributed by atoms with Gasteiger partial charge in [0.05, 0.1) is 6.33 Å². The minimum atomic E-state index is 0.172. The van der Waals surface area contributed by atoms with E-state index in [9.17, 15) is 0 Å². The molecule has 21 heavy (non-hydrogen) atoms. The molecule has 0 aliphatic heterocycles. The van der Waals surface area contributed by atoms with Crippen LogP contribution in [0.1, 0.15) is 23.5 Å². The van der Waals surface area contributed by atoms with Gasteiger partial charge < -0.3 is 4.98 Å². The Morgan fingerprint density at radius 1 is 1.29 bits per heavy atom. The molecule has 0 spiro atoms. The number of imidazole rings is 1. The van der Waals surface area contributed by atoms with Crippen molar-refractivity contribution >= 4 is 34.8 Å². The molecule has 1 atom stereocenters. The summed E-state index contributed by atoms with van der Waals surface area (Å²) in [6.45, 7) is 0. The van der Waals surface area contributed by atoms with Crippen LogP contribution in [-0.2, 0) is 6.42 Å². The zero-order valence-electron chi connectivity index (χ0n) is 11.1. The van der Waals surface area contributed by atoms with Crippen molar-refractivity contribution in [3.63, 3.8) is 0 Å². The maximum Gasteiger partial charge on any atom is 0.226 e. The molecule has 4 rings (SSSR count). The summed E-state index contributed by atoms with van der Waals surface area (Å²) in [7, 11) is 0. The van der Waals surface area contributed by atoms with Crippen LogP contribution in [0.3, 0.4) is 0 Å². The molecule has 1 unspecified atom stereocenters. The van der Waals surface area contributed by atoms with Gasteiger partial charge >= 0.3 is 0 Å². The van der Waals surface area contributed by atoms with Gasteiger partial charge in [0.1, 0.15) is 0 Å². The van der Waals surface area contributed by atoms with Gasteiger partial charge in [0.2, 0.25) is 5.28 Å². The molecule has 0 saturated carbocycles. The van der Waals surface area contributed by atoms with Crippen LogP contribution in [0.4, 0.5) is 5.82 Å². The topological polar surface area (TPSA) is 66.8 Å². The van der Waals surface area contributed by atoms with Crippen molar-refractivity contribution in [2.24, 2.45) is 4.99 Å². The van der Waals surface area contributed by atoms with Gasteiger partial charge in [-0.3, -0.25) is 0 Å². The van der Waals surface area contributed by atoms with E-state index in [4.69, 9.17) is 11.6 Å². The molecule has 0 amide bonds. The zero-order chi connectivity index (χ0) is 14.2. The molecule has 0 radical (unpaired) electrons. The monoisotopic (exact) mass is 297 g/mol. The Morgan fingerprint density at radius 2 is 2.19 bits per heavy atom. The summed E-state index contributed by atoms with van der Waals surface area (Å²) < 4.78 is 0. The summed E-state index contributed by atoms with van der Waals surface area (Å²) in [6.07, 6.45) is 5.68. The van der Waals surface area contributed by atoms with Gasteiger partial charge in [-0.15, -0.1) is 0 Å². The number of aliphatic imine (C=N–C) groups is 1. The number of rotatable bonds is 2. The SMILES string of the molecule is Clc1nc(/N=C/C2CCc3ccccc32)c2nc[nH]c2n1. The van der Waals surface area contributed by atoms with Crippen molar-refractivity contribution in [1.82, 2.24) is 19.9 Å². The zero-order valence-corrected chi connectivity index (χ0v) is 11.9. The van der Waals surface area contributed by atoms with Gasteiger partial charge in [-0.1, -0.05) is 24.3 Å². The van der Waals surface area contributed by atoms with E-state index in [2.05, 4.69) is 49.2 Å². The number of aryl methyl sites for hydroxylation is 1. The van der Waals surface area contributed by atoms with Gasteiger partial charge in [0, 0.05) is 12.1 Å². The highest BCUT2D eigenvalue weighted by Gasteiger charge is 2.20. The Kier molecular flexibility index (Phi) is 2.93. The highest BCUT2D eigenvalue weighted by atomic mass is 35.5. The van der Waals surface area contributed by atoms with E-state index in [0.29, 0.717) is 22.9 Å². The summed E-state index contributed by atoms with van der Waals surface area (Å²) in [6, 6.07) is 8.49. The maximum atomic E-state index is 5.91. The first-order valence-corrected chi connectivity index (χ1v) is 7.17. The first-order valence-electron chi connectivity index (χ1n) is 6.80. The second kappa shape index (κ2) is 4.93. The molecule has 0 fully saturated rings. The van der Waals surface area contributed by atoms with Crippen LogP contribution in [0.25, 0.3) is 11.2 Å². The van der Waals surface area contributed by atoms with E-state index in [1.807, 2.05) is 6.21 Å².